The maximum atomic E-state index is 11.7. The molecule has 0 aliphatic carbocycles. The van der Waals surface area contributed by atoms with Crippen molar-refractivity contribution in [3.8, 4) is 0 Å². The molecule has 8 nitrogen and oxygen atoms in total. The zero-order valence-electron chi connectivity index (χ0n) is 11.3. The summed E-state index contributed by atoms with van der Waals surface area (Å²) in [6, 6.07) is -1.17. The molecule has 1 atom stereocenters. The van der Waals surface area contributed by atoms with Gasteiger partial charge in [-0.05, 0) is 12.8 Å². The topological polar surface area (TPSA) is 113 Å². The second-order valence-corrected chi connectivity index (χ2v) is 4.49. The fourth-order valence-corrected chi connectivity index (χ4v) is 1.91. The molecule has 2 N–H and O–H groups in total. The van der Waals surface area contributed by atoms with E-state index >= 15 is 0 Å². The van der Waals surface area contributed by atoms with Crippen LogP contribution in [0.15, 0.2) is 0 Å². The molecule has 1 saturated heterocycles. The van der Waals surface area contributed by atoms with Gasteiger partial charge in [0.1, 0.15) is 6.04 Å². The van der Waals surface area contributed by atoms with Crippen molar-refractivity contribution in [2.75, 3.05) is 20.2 Å². The van der Waals surface area contributed by atoms with Gasteiger partial charge in [-0.25, -0.2) is 4.79 Å². The first-order chi connectivity index (χ1) is 9.43. The lowest BCUT2D eigenvalue weighted by Crippen LogP contribution is -2.46. The third-order valence-corrected chi connectivity index (χ3v) is 3.00. The molecule has 112 valence electrons. The van der Waals surface area contributed by atoms with Gasteiger partial charge in [0, 0.05) is 19.4 Å². The summed E-state index contributed by atoms with van der Waals surface area (Å²) in [7, 11) is 1.20. The highest BCUT2D eigenvalue weighted by molar-refractivity contribution is 5.88. The number of rotatable bonds is 7. The van der Waals surface area contributed by atoms with Crippen LogP contribution < -0.4 is 5.32 Å². The van der Waals surface area contributed by atoms with E-state index in [0.717, 1.165) is 0 Å². The van der Waals surface area contributed by atoms with Crippen molar-refractivity contribution in [2.45, 2.75) is 31.7 Å². The first-order valence-electron chi connectivity index (χ1n) is 6.30. The molecule has 0 aromatic heterocycles. The smallest absolute Gasteiger partial charge is 0.326 e. The Kier molecular flexibility index (Phi) is 5.95. The number of carboxylic acids is 1. The van der Waals surface area contributed by atoms with E-state index in [-0.39, 0.29) is 25.3 Å². The summed E-state index contributed by atoms with van der Waals surface area (Å²) in [5.74, 6) is -2.42. The van der Waals surface area contributed by atoms with Crippen LogP contribution in [-0.4, -0.2) is 60.0 Å². The van der Waals surface area contributed by atoms with E-state index in [1.54, 1.807) is 0 Å². The normalized spacial score (nSPS) is 15.8. The number of nitrogens with one attached hydrogen (secondary N) is 1. The summed E-state index contributed by atoms with van der Waals surface area (Å²) >= 11 is 0. The highest BCUT2D eigenvalue weighted by Crippen LogP contribution is 2.08. The van der Waals surface area contributed by atoms with E-state index in [4.69, 9.17) is 5.11 Å². The first-order valence-corrected chi connectivity index (χ1v) is 6.30. The van der Waals surface area contributed by atoms with E-state index in [9.17, 15) is 19.2 Å². The van der Waals surface area contributed by atoms with Crippen molar-refractivity contribution in [1.82, 2.24) is 10.2 Å². The minimum atomic E-state index is -1.23. The van der Waals surface area contributed by atoms with Crippen LogP contribution in [0.5, 0.6) is 0 Å². The molecular formula is C12H18N2O6. The van der Waals surface area contributed by atoms with Crippen LogP contribution >= 0.6 is 0 Å². The number of carbonyl (C=O) groups excluding carboxylic acids is 3. The Bertz CT molecular complexity index is 409. The molecule has 0 spiro atoms. The minimum Gasteiger partial charge on any atom is -0.480 e. The van der Waals surface area contributed by atoms with Crippen molar-refractivity contribution in [2.24, 2.45) is 0 Å². The van der Waals surface area contributed by atoms with Crippen LogP contribution in [0.3, 0.4) is 0 Å². The lowest BCUT2D eigenvalue weighted by atomic mass is 10.1. The fraction of sp³-hybridized carbons (Fsp3) is 0.667. The number of methoxy groups -OCH3 is 1. The fourth-order valence-electron chi connectivity index (χ4n) is 1.91. The van der Waals surface area contributed by atoms with Crippen molar-refractivity contribution in [1.29, 1.82) is 0 Å². The Balaban J connectivity index is 2.44. The Morgan fingerprint density at radius 3 is 2.65 bits per heavy atom. The highest BCUT2D eigenvalue weighted by Gasteiger charge is 2.25. The number of aliphatic carboxylic acids is 1. The number of amides is 2. The molecule has 8 heteroatoms. The SMILES string of the molecule is COC(=O)CCC(NC(=O)CN1CCCC1=O)C(=O)O. The largest absolute Gasteiger partial charge is 0.480 e. The summed E-state index contributed by atoms with van der Waals surface area (Å²) in [5, 5.41) is 11.3. The number of likely N-dealkylation sites (tertiary alicyclic amines) is 1. The molecule has 20 heavy (non-hydrogen) atoms. The number of ether oxygens (including phenoxy) is 1. The van der Waals surface area contributed by atoms with Crippen LogP contribution in [0.2, 0.25) is 0 Å². The summed E-state index contributed by atoms with van der Waals surface area (Å²) in [6.45, 7) is 0.354. The quantitative estimate of drug-likeness (QED) is 0.588. The molecule has 1 rings (SSSR count). The zero-order valence-corrected chi connectivity index (χ0v) is 11.3. The minimum absolute atomic E-state index is 0.0539. The number of carboxylic acid groups (broad SMARTS) is 1. The second-order valence-electron chi connectivity index (χ2n) is 4.49. The van der Waals surface area contributed by atoms with E-state index in [1.165, 1.54) is 12.0 Å². The van der Waals surface area contributed by atoms with E-state index in [1.807, 2.05) is 0 Å². The van der Waals surface area contributed by atoms with Crippen molar-refractivity contribution < 1.29 is 29.0 Å². The summed E-state index contributed by atoms with van der Waals surface area (Å²) in [4.78, 5) is 46.4. The number of hydrogen-bond donors (Lipinski definition) is 2. The first kappa shape index (κ1) is 15.9. The maximum Gasteiger partial charge on any atom is 0.326 e. The van der Waals surface area contributed by atoms with Gasteiger partial charge in [0.15, 0.2) is 0 Å². The Morgan fingerprint density at radius 2 is 2.15 bits per heavy atom. The van der Waals surface area contributed by atoms with E-state index in [0.29, 0.717) is 19.4 Å². The van der Waals surface area contributed by atoms with E-state index in [2.05, 4.69) is 10.1 Å². The maximum absolute atomic E-state index is 11.7. The molecule has 1 unspecified atom stereocenters. The van der Waals surface area contributed by atoms with Crippen LogP contribution in [0.1, 0.15) is 25.7 Å². The zero-order chi connectivity index (χ0) is 15.1. The lowest BCUT2D eigenvalue weighted by Gasteiger charge is -2.18. The molecule has 1 aliphatic heterocycles. The molecule has 1 aliphatic rings. The van der Waals surface area contributed by atoms with Gasteiger partial charge in [-0.1, -0.05) is 0 Å². The van der Waals surface area contributed by atoms with Gasteiger partial charge < -0.3 is 20.1 Å². The highest BCUT2D eigenvalue weighted by atomic mass is 16.5. The van der Waals surface area contributed by atoms with Gasteiger partial charge in [0.05, 0.1) is 13.7 Å². The molecule has 2 amide bonds. The van der Waals surface area contributed by atoms with Gasteiger partial charge in [-0.2, -0.15) is 0 Å². The van der Waals surface area contributed by atoms with Crippen LogP contribution in [0.25, 0.3) is 0 Å². The monoisotopic (exact) mass is 286 g/mol. The van der Waals surface area contributed by atoms with Crippen LogP contribution in [-0.2, 0) is 23.9 Å². The lowest BCUT2D eigenvalue weighted by molar-refractivity contribution is -0.144. The standard InChI is InChI=1S/C12H18N2O6/c1-20-11(17)5-4-8(12(18)19)13-9(15)7-14-6-2-3-10(14)16/h8H,2-7H2,1H3,(H,13,15)(H,18,19). The van der Waals surface area contributed by atoms with Crippen molar-refractivity contribution in [3.05, 3.63) is 0 Å². The summed E-state index contributed by atoms with van der Waals surface area (Å²) in [6.07, 6.45) is 0.965. The molecular weight excluding hydrogens is 268 g/mol. The van der Waals surface area contributed by atoms with Gasteiger partial charge in [-0.3, -0.25) is 14.4 Å². The van der Waals surface area contributed by atoms with Gasteiger partial charge in [0.2, 0.25) is 11.8 Å². The molecule has 0 radical (unpaired) electrons. The molecule has 1 heterocycles. The predicted molar refractivity (Wildman–Crippen MR) is 66.6 cm³/mol. The Hall–Kier alpha value is -2.12. The molecule has 0 aromatic carbocycles. The predicted octanol–water partition coefficient (Wildman–Crippen LogP) is -0.869. The third-order valence-electron chi connectivity index (χ3n) is 3.00. The Labute approximate surface area is 116 Å². The van der Waals surface area contributed by atoms with Crippen molar-refractivity contribution in [3.63, 3.8) is 0 Å². The number of hydrogen-bond acceptors (Lipinski definition) is 5. The number of esters is 1. The number of carbonyl (C=O) groups is 4. The molecule has 1 fully saturated rings. The second kappa shape index (κ2) is 7.46. The molecule has 0 saturated carbocycles. The van der Waals surface area contributed by atoms with Gasteiger partial charge >= 0.3 is 11.9 Å². The summed E-state index contributed by atoms with van der Waals surface area (Å²) < 4.78 is 4.41. The van der Waals surface area contributed by atoms with Crippen LogP contribution in [0.4, 0.5) is 0 Å². The van der Waals surface area contributed by atoms with Crippen LogP contribution in [0, 0.1) is 0 Å². The average molecular weight is 286 g/mol. The molecule has 0 bridgehead atoms. The average Bonchev–Trinajstić information content (AvgIpc) is 2.79. The summed E-state index contributed by atoms with van der Waals surface area (Å²) in [5.41, 5.74) is 0. The van der Waals surface area contributed by atoms with Gasteiger partial charge in [-0.15, -0.1) is 0 Å². The number of nitrogens with zero attached hydrogens (tertiary/aromatic N) is 1. The molecule has 0 aromatic rings. The van der Waals surface area contributed by atoms with Crippen molar-refractivity contribution >= 4 is 23.8 Å². The Morgan fingerprint density at radius 1 is 1.45 bits per heavy atom. The van der Waals surface area contributed by atoms with Gasteiger partial charge in [0.25, 0.3) is 0 Å². The van der Waals surface area contributed by atoms with E-state index < -0.39 is 23.9 Å². The third kappa shape index (κ3) is 4.87.